The van der Waals surface area contributed by atoms with E-state index in [0.29, 0.717) is 51.1 Å². The SMILES string of the molecule is c1ccc(-c2ccc(-c3nnc(-n4c5ccccc5c5cc6ccccc6cc54)c4nccnc34)c3ccccc23)cc1.c1ccc2cc(-c3ccc(-c4nnc(-n5c6ccccc6c6cc7ccccc7cc65)c5nccnc45)cc3)ccc2c1.c1ccc2cc3c(cc2c1)c1ccccc1n3-c1nnc(-c2ccc3c4ccccc4c4ccccc4c3c2)c2nccnc12. The molecule has 28 rings (SSSR count). The first-order valence-corrected chi connectivity index (χ1v) is 43.7. The van der Waals surface area contributed by atoms with E-state index < -0.39 is 0 Å². The van der Waals surface area contributed by atoms with E-state index in [1.807, 2.05) is 6.07 Å². The van der Waals surface area contributed by atoms with Gasteiger partial charge in [0.15, 0.2) is 17.5 Å². The first-order chi connectivity index (χ1) is 65.0. The van der Waals surface area contributed by atoms with Crippen molar-refractivity contribution in [2.24, 2.45) is 0 Å². The molecule has 131 heavy (non-hydrogen) atoms. The van der Waals surface area contributed by atoms with Crippen molar-refractivity contribution in [2.45, 2.75) is 0 Å². The summed E-state index contributed by atoms with van der Waals surface area (Å²) in [6.45, 7) is 0. The number of rotatable bonds is 8. The molecular weight excluding hydrogens is 1600 g/mol. The molecule has 0 saturated heterocycles. The molecule has 0 unspecified atom stereocenters. The molecule has 0 amide bonds. The van der Waals surface area contributed by atoms with Crippen molar-refractivity contribution in [3.05, 3.63) is 419 Å². The standard InChI is InChI=1S/C40H23N5.2C38H23N5/c1-2-10-25-23-36-34(21-24(25)9-1)32-15-7-8-16-35(32)45(36)40-39-38(41-19-20-42-39)37(43-44-40)26-17-18-31-29-13-4-3-11-27(29)28-12-5-6-14-30(28)33(31)22-26;1-2-8-27-21-30(18-15-24(27)7-1)25-13-16-26(17-14-25)35-36-37(40-20-19-39-36)38(42-41-35)43-33-12-6-5-11-31(33)32-22-28-9-3-4-10-29(28)23-34(32)43;1-2-10-24(11-3-1)27-18-19-31(29-15-7-6-14-28(27)29)35-36-37(40-21-20-39-36)38(42-41-35)43-33-17-9-8-16-30(33)32-22-25-12-4-5-13-26(25)23-34(32)43/h1-23H;2*1-23H. The topological polar surface area (TPSA) is 169 Å². The van der Waals surface area contributed by atoms with Crippen molar-refractivity contribution >= 4 is 185 Å². The summed E-state index contributed by atoms with van der Waals surface area (Å²) in [4.78, 5) is 29.0. The largest absolute Gasteiger partial charge is 0.290 e. The number of hydrogen-bond acceptors (Lipinski definition) is 12. The molecule has 0 atom stereocenters. The molecule has 0 saturated carbocycles. The molecule has 608 valence electrons. The molecule has 0 fully saturated rings. The van der Waals surface area contributed by atoms with Gasteiger partial charge in [0, 0.05) is 86.2 Å². The highest BCUT2D eigenvalue weighted by Gasteiger charge is 2.27. The lowest BCUT2D eigenvalue weighted by Crippen LogP contribution is -2.05. The van der Waals surface area contributed by atoms with E-state index >= 15 is 0 Å². The number of benzene rings is 19. The normalized spacial score (nSPS) is 11.8. The average molecular weight is 1670 g/mol. The summed E-state index contributed by atoms with van der Waals surface area (Å²) in [5.41, 5.74) is 20.3. The molecule has 19 aromatic carbocycles. The van der Waals surface area contributed by atoms with E-state index in [1.54, 1.807) is 37.2 Å². The first kappa shape index (κ1) is 74.4. The Balaban J connectivity index is 0.000000103. The van der Waals surface area contributed by atoms with Crippen LogP contribution in [-0.4, -0.2) is 74.2 Å². The molecular formula is C116H69N15. The van der Waals surface area contributed by atoms with Gasteiger partial charge in [-0.25, -0.2) is 15.0 Å². The van der Waals surface area contributed by atoms with Crippen molar-refractivity contribution in [2.75, 3.05) is 0 Å². The first-order valence-electron chi connectivity index (χ1n) is 43.7. The summed E-state index contributed by atoms with van der Waals surface area (Å²) in [6.07, 6.45) is 10.4. The Labute approximate surface area is 746 Å². The molecule has 15 nitrogen and oxygen atoms in total. The Bertz CT molecular complexity index is 9570. The Morgan fingerprint density at radius 3 is 0.901 bits per heavy atom. The molecule has 9 heterocycles. The number of fused-ring (bicyclic) bond motifs is 23. The summed E-state index contributed by atoms with van der Waals surface area (Å²) in [6, 6.07) is 135. The van der Waals surface area contributed by atoms with E-state index in [9.17, 15) is 0 Å². The minimum Gasteiger partial charge on any atom is -0.290 e. The monoisotopic (exact) mass is 1670 g/mol. The Morgan fingerprint density at radius 2 is 0.450 bits per heavy atom. The van der Waals surface area contributed by atoms with Crippen LogP contribution in [0.25, 0.3) is 258 Å². The lowest BCUT2D eigenvalue weighted by atomic mass is 9.93. The van der Waals surface area contributed by atoms with Gasteiger partial charge in [0.2, 0.25) is 0 Å². The summed E-state index contributed by atoms with van der Waals surface area (Å²) in [5.74, 6) is 2.00. The quantitative estimate of drug-likeness (QED) is 0.132. The third kappa shape index (κ3) is 12.2. The molecule has 0 aliphatic rings. The summed E-state index contributed by atoms with van der Waals surface area (Å²) in [7, 11) is 0. The van der Waals surface area contributed by atoms with Crippen LogP contribution in [0.5, 0.6) is 0 Å². The van der Waals surface area contributed by atoms with E-state index in [2.05, 4.69) is 390 Å². The van der Waals surface area contributed by atoms with Gasteiger partial charge < -0.3 is 0 Å². The van der Waals surface area contributed by atoms with Crippen LogP contribution >= 0.6 is 0 Å². The zero-order chi connectivity index (χ0) is 86.1. The van der Waals surface area contributed by atoms with Crippen LogP contribution in [0.3, 0.4) is 0 Å². The second-order valence-electron chi connectivity index (χ2n) is 33.1. The minimum absolute atomic E-state index is 0.665. The van der Waals surface area contributed by atoms with Gasteiger partial charge in [0.1, 0.15) is 50.2 Å². The van der Waals surface area contributed by atoms with Gasteiger partial charge in [-0.05, 0) is 175 Å². The fraction of sp³-hybridized carbons (Fsp3) is 0. The number of nitrogens with zero attached hydrogens (tertiary/aromatic N) is 15. The van der Waals surface area contributed by atoms with Crippen LogP contribution in [0.1, 0.15) is 0 Å². The van der Waals surface area contributed by atoms with E-state index in [4.69, 9.17) is 60.5 Å². The highest BCUT2D eigenvalue weighted by atomic mass is 15.2. The van der Waals surface area contributed by atoms with Crippen LogP contribution in [0, 0.1) is 0 Å². The van der Waals surface area contributed by atoms with Crippen LogP contribution in [0.2, 0.25) is 0 Å². The van der Waals surface area contributed by atoms with Gasteiger partial charge in [-0.3, -0.25) is 28.7 Å². The molecule has 0 aliphatic carbocycles. The van der Waals surface area contributed by atoms with Crippen molar-refractivity contribution in [1.82, 2.24) is 74.2 Å². The Morgan fingerprint density at radius 1 is 0.145 bits per heavy atom. The number of para-hydroxylation sites is 3. The minimum atomic E-state index is 0.665. The summed E-state index contributed by atoms with van der Waals surface area (Å²) >= 11 is 0. The second kappa shape index (κ2) is 30.4. The van der Waals surface area contributed by atoms with Gasteiger partial charge >= 0.3 is 0 Å². The van der Waals surface area contributed by atoms with Crippen molar-refractivity contribution < 1.29 is 0 Å². The maximum absolute atomic E-state index is 4.91. The fourth-order valence-corrected chi connectivity index (χ4v) is 19.9. The lowest BCUT2D eigenvalue weighted by Gasteiger charge is -2.14. The van der Waals surface area contributed by atoms with Gasteiger partial charge in [-0.1, -0.05) is 315 Å². The van der Waals surface area contributed by atoms with Crippen molar-refractivity contribution in [3.8, 4) is 73.5 Å². The molecule has 0 N–H and O–H groups in total. The summed E-state index contributed by atoms with van der Waals surface area (Å²) < 4.78 is 6.54. The van der Waals surface area contributed by atoms with E-state index in [0.717, 1.165) is 98.8 Å². The molecule has 0 radical (unpaired) electrons. The van der Waals surface area contributed by atoms with Crippen LogP contribution < -0.4 is 0 Å². The maximum Gasteiger partial charge on any atom is 0.188 e. The lowest BCUT2D eigenvalue weighted by molar-refractivity contribution is 0.965. The van der Waals surface area contributed by atoms with E-state index in [1.165, 1.54) is 108 Å². The number of hydrogen-bond donors (Lipinski definition) is 0. The van der Waals surface area contributed by atoms with E-state index in [-0.39, 0.29) is 0 Å². The Kier molecular flexibility index (Phi) is 17.2. The fourth-order valence-electron chi connectivity index (χ4n) is 19.9. The van der Waals surface area contributed by atoms with Crippen LogP contribution in [-0.2, 0) is 0 Å². The zero-order valence-electron chi connectivity index (χ0n) is 70.0. The third-order valence-corrected chi connectivity index (χ3v) is 25.9. The van der Waals surface area contributed by atoms with Crippen LogP contribution in [0.15, 0.2) is 419 Å². The van der Waals surface area contributed by atoms with Gasteiger partial charge in [-0.2, -0.15) is 0 Å². The average Bonchev–Trinajstić information content (AvgIpc) is 1.23. The van der Waals surface area contributed by atoms with Crippen LogP contribution in [0.4, 0.5) is 0 Å². The molecule has 0 bridgehead atoms. The third-order valence-electron chi connectivity index (χ3n) is 25.9. The predicted molar refractivity (Wildman–Crippen MR) is 536 cm³/mol. The molecule has 0 aliphatic heterocycles. The van der Waals surface area contributed by atoms with Crippen molar-refractivity contribution in [1.29, 1.82) is 0 Å². The van der Waals surface area contributed by atoms with Gasteiger partial charge in [-0.15, -0.1) is 30.6 Å². The highest BCUT2D eigenvalue weighted by Crippen LogP contribution is 2.45. The maximum atomic E-state index is 4.91. The second-order valence-corrected chi connectivity index (χ2v) is 33.1. The zero-order valence-corrected chi connectivity index (χ0v) is 70.0. The molecule has 28 aromatic rings. The van der Waals surface area contributed by atoms with Gasteiger partial charge in [0.05, 0.1) is 33.1 Å². The van der Waals surface area contributed by atoms with Crippen molar-refractivity contribution in [3.63, 3.8) is 0 Å². The molecule has 9 aromatic heterocycles. The Hall–Kier alpha value is -18.1. The molecule has 15 heteroatoms. The number of aromatic nitrogens is 15. The predicted octanol–water partition coefficient (Wildman–Crippen LogP) is 28.1. The highest BCUT2D eigenvalue weighted by molar-refractivity contribution is 6.26. The summed E-state index contributed by atoms with van der Waals surface area (Å²) in [5, 5.41) is 55.4. The van der Waals surface area contributed by atoms with Gasteiger partial charge in [0.25, 0.3) is 0 Å². The smallest absolute Gasteiger partial charge is 0.188 e. The molecule has 0 spiro atoms.